The molecule has 0 saturated heterocycles. The van der Waals surface area contributed by atoms with Gasteiger partial charge in [-0.05, 0) is 37.4 Å². The van der Waals surface area contributed by atoms with Crippen molar-refractivity contribution in [2.24, 2.45) is 5.73 Å². The Morgan fingerprint density at radius 1 is 1.42 bits per heavy atom. The Bertz CT molecular complexity index is 550. The predicted molar refractivity (Wildman–Crippen MR) is 85.8 cm³/mol. The van der Waals surface area contributed by atoms with Crippen LogP contribution in [0.4, 0.5) is 5.82 Å². The molecular formula is C14H17N3S2. The van der Waals surface area contributed by atoms with E-state index in [1.54, 1.807) is 17.5 Å². The van der Waals surface area contributed by atoms with Gasteiger partial charge in [0.2, 0.25) is 0 Å². The third-order valence-electron chi connectivity index (χ3n) is 2.85. The molecule has 0 saturated carbocycles. The van der Waals surface area contributed by atoms with Crippen molar-refractivity contribution in [2.45, 2.75) is 26.4 Å². The highest BCUT2D eigenvalue weighted by molar-refractivity contribution is 7.80. The molecule has 0 amide bonds. The van der Waals surface area contributed by atoms with Crippen molar-refractivity contribution in [3.63, 3.8) is 0 Å². The summed E-state index contributed by atoms with van der Waals surface area (Å²) in [5.74, 6) is 0.860. The van der Waals surface area contributed by atoms with Gasteiger partial charge < -0.3 is 10.6 Å². The van der Waals surface area contributed by atoms with Gasteiger partial charge in [-0.25, -0.2) is 4.98 Å². The molecular weight excluding hydrogens is 274 g/mol. The second-order valence-corrected chi connectivity index (χ2v) is 6.01. The Labute approximate surface area is 123 Å². The molecule has 2 N–H and O–H groups in total. The van der Waals surface area contributed by atoms with Crippen molar-refractivity contribution in [1.82, 2.24) is 4.98 Å². The number of pyridine rings is 1. The van der Waals surface area contributed by atoms with E-state index in [0.29, 0.717) is 11.0 Å². The summed E-state index contributed by atoms with van der Waals surface area (Å²) in [6, 6.07) is 8.30. The van der Waals surface area contributed by atoms with Gasteiger partial charge in [-0.3, -0.25) is 0 Å². The smallest absolute Gasteiger partial charge is 0.139 e. The molecule has 0 fully saturated rings. The van der Waals surface area contributed by atoms with Crippen LogP contribution >= 0.6 is 23.6 Å². The fourth-order valence-electron chi connectivity index (χ4n) is 1.89. The minimum Gasteiger partial charge on any atom is -0.389 e. The Kier molecular flexibility index (Phi) is 4.50. The number of thiophene rings is 1. The van der Waals surface area contributed by atoms with E-state index in [2.05, 4.69) is 41.2 Å². The van der Waals surface area contributed by atoms with E-state index in [9.17, 15) is 0 Å². The molecule has 3 nitrogen and oxygen atoms in total. The number of hydrogen-bond acceptors (Lipinski definition) is 4. The van der Waals surface area contributed by atoms with E-state index in [0.717, 1.165) is 17.9 Å². The summed E-state index contributed by atoms with van der Waals surface area (Å²) in [7, 11) is 0. The summed E-state index contributed by atoms with van der Waals surface area (Å²) in [4.78, 5) is 8.38. The maximum Gasteiger partial charge on any atom is 0.139 e. The summed E-state index contributed by atoms with van der Waals surface area (Å²) >= 11 is 6.86. The topological polar surface area (TPSA) is 42.2 Å². The standard InChI is InChI=1S/C14H17N3S2/c1-10(2)17(9-11-5-4-8-19-11)14-12(13(15)18)6-3-7-16-14/h3-8,10H,9H2,1-2H3,(H2,15,18). The normalized spacial score (nSPS) is 10.7. The number of anilines is 1. The van der Waals surface area contributed by atoms with Crippen LogP contribution in [0.2, 0.25) is 0 Å². The van der Waals surface area contributed by atoms with Crippen molar-refractivity contribution in [3.8, 4) is 0 Å². The lowest BCUT2D eigenvalue weighted by atomic mass is 10.2. The molecule has 5 heteroatoms. The Morgan fingerprint density at radius 2 is 2.21 bits per heavy atom. The fourth-order valence-corrected chi connectivity index (χ4v) is 2.75. The number of nitrogens with two attached hydrogens (primary N) is 1. The van der Waals surface area contributed by atoms with Gasteiger partial charge in [-0.2, -0.15) is 0 Å². The van der Waals surface area contributed by atoms with Gasteiger partial charge in [0, 0.05) is 17.1 Å². The molecule has 0 bridgehead atoms. The summed E-state index contributed by atoms with van der Waals surface area (Å²) in [5.41, 5.74) is 6.63. The van der Waals surface area contributed by atoms with E-state index >= 15 is 0 Å². The zero-order valence-electron chi connectivity index (χ0n) is 11.0. The summed E-state index contributed by atoms with van der Waals surface area (Å²) in [6.45, 7) is 5.11. The maximum atomic E-state index is 5.79. The molecule has 0 aromatic carbocycles. The molecule has 2 heterocycles. The molecule has 2 aromatic heterocycles. The van der Waals surface area contributed by atoms with Crippen LogP contribution in [0.5, 0.6) is 0 Å². The van der Waals surface area contributed by atoms with Crippen LogP contribution in [0.3, 0.4) is 0 Å². The van der Waals surface area contributed by atoms with Crippen LogP contribution in [0.25, 0.3) is 0 Å². The van der Waals surface area contributed by atoms with E-state index < -0.39 is 0 Å². The zero-order valence-corrected chi connectivity index (χ0v) is 12.7. The van der Waals surface area contributed by atoms with Crippen molar-refractivity contribution < 1.29 is 0 Å². The highest BCUT2D eigenvalue weighted by atomic mass is 32.1. The Morgan fingerprint density at radius 3 is 2.79 bits per heavy atom. The van der Waals surface area contributed by atoms with E-state index in [4.69, 9.17) is 18.0 Å². The molecule has 0 aliphatic heterocycles. The quantitative estimate of drug-likeness (QED) is 0.859. The van der Waals surface area contributed by atoms with Crippen molar-refractivity contribution in [2.75, 3.05) is 4.90 Å². The third-order valence-corrected chi connectivity index (χ3v) is 3.93. The molecule has 0 aliphatic rings. The molecule has 0 unspecified atom stereocenters. The van der Waals surface area contributed by atoms with Gasteiger partial charge in [-0.15, -0.1) is 11.3 Å². The largest absolute Gasteiger partial charge is 0.389 e. The molecule has 2 rings (SSSR count). The molecule has 0 radical (unpaired) electrons. The number of thiocarbonyl (C=S) groups is 1. The summed E-state index contributed by atoms with van der Waals surface area (Å²) in [6.07, 6.45) is 1.78. The van der Waals surface area contributed by atoms with Crippen LogP contribution in [0.15, 0.2) is 35.8 Å². The fraction of sp³-hybridized carbons (Fsp3) is 0.286. The van der Waals surface area contributed by atoms with Gasteiger partial charge in [0.1, 0.15) is 10.8 Å². The average Bonchev–Trinajstić information content (AvgIpc) is 2.88. The minimum atomic E-state index is 0.324. The molecule has 0 aliphatic carbocycles. The Balaban J connectivity index is 2.36. The second kappa shape index (κ2) is 6.12. The average molecular weight is 291 g/mol. The van der Waals surface area contributed by atoms with Crippen molar-refractivity contribution in [1.29, 1.82) is 0 Å². The van der Waals surface area contributed by atoms with Gasteiger partial charge in [0.05, 0.1) is 12.1 Å². The van der Waals surface area contributed by atoms with Crippen LogP contribution in [-0.4, -0.2) is 16.0 Å². The van der Waals surface area contributed by atoms with Gasteiger partial charge in [-0.1, -0.05) is 18.3 Å². The first-order valence-electron chi connectivity index (χ1n) is 6.13. The summed E-state index contributed by atoms with van der Waals surface area (Å²) < 4.78 is 0. The van der Waals surface area contributed by atoms with Crippen LogP contribution in [0, 0.1) is 0 Å². The number of rotatable bonds is 5. The van der Waals surface area contributed by atoms with Crippen molar-refractivity contribution >= 4 is 34.4 Å². The molecule has 2 aromatic rings. The monoisotopic (exact) mass is 291 g/mol. The minimum absolute atomic E-state index is 0.324. The predicted octanol–water partition coefficient (Wildman–Crippen LogP) is 3.19. The Hall–Kier alpha value is -1.46. The number of nitrogens with zero attached hydrogens (tertiary/aromatic N) is 2. The maximum absolute atomic E-state index is 5.79. The first kappa shape index (κ1) is 14.0. The first-order chi connectivity index (χ1) is 9.09. The third kappa shape index (κ3) is 3.30. The lowest BCUT2D eigenvalue weighted by Gasteiger charge is -2.29. The summed E-state index contributed by atoms with van der Waals surface area (Å²) in [5, 5.41) is 2.08. The zero-order chi connectivity index (χ0) is 13.8. The molecule has 0 atom stereocenters. The van der Waals surface area contributed by atoms with Gasteiger partial charge in [0.15, 0.2) is 0 Å². The highest BCUT2D eigenvalue weighted by Gasteiger charge is 2.17. The number of aromatic nitrogens is 1. The molecule has 100 valence electrons. The lowest BCUT2D eigenvalue weighted by molar-refractivity contribution is 0.676. The van der Waals surface area contributed by atoms with E-state index in [-0.39, 0.29) is 0 Å². The molecule has 0 spiro atoms. The highest BCUT2D eigenvalue weighted by Crippen LogP contribution is 2.23. The first-order valence-corrected chi connectivity index (χ1v) is 7.42. The van der Waals surface area contributed by atoms with Gasteiger partial charge in [0.25, 0.3) is 0 Å². The van der Waals surface area contributed by atoms with Crippen LogP contribution in [0.1, 0.15) is 24.3 Å². The van der Waals surface area contributed by atoms with Crippen LogP contribution in [-0.2, 0) is 6.54 Å². The van der Waals surface area contributed by atoms with E-state index in [1.165, 1.54) is 4.88 Å². The van der Waals surface area contributed by atoms with E-state index in [1.807, 2.05) is 12.1 Å². The lowest BCUT2D eigenvalue weighted by Crippen LogP contribution is -2.32. The molecule has 19 heavy (non-hydrogen) atoms. The van der Waals surface area contributed by atoms with Crippen molar-refractivity contribution in [3.05, 3.63) is 46.3 Å². The van der Waals surface area contributed by atoms with Crippen LogP contribution < -0.4 is 10.6 Å². The number of hydrogen-bond donors (Lipinski definition) is 1. The second-order valence-electron chi connectivity index (χ2n) is 4.54. The SMILES string of the molecule is CC(C)N(Cc1cccs1)c1ncccc1C(N)=S. The van der Waals surface area contributed by atoms with Gasteiger partial charge >= 0.3 is 0 Å².